The maximum Gasteiger partial charge on any atom is 0.357 e. The molecule has 0 atom stereocenters. The van der Waals surface area contributed by atoms with E-state index in [0.717, 1.165) is 0 Å². The SMILES string of the molecule is O=c1[nH]c(C=Cc2cccc(Cl)c2)c([N+](=O)[O-])c(=O)[nH]1. The van der Waals surface area contributed by atoms with Crippen molar-refractivity contribution in [1.29, 1.82) is 0 Å². The van der Waals surface area contributed by atoms with Gasteiger partial charge in [-0.15, -0.1) is 0 Å². The van der Waals surface area contributed by atoms with E-state index in [1.807, 2.05) is 0 Å². The molecule has 102 valence electrons. The number of nitrogens with one attached hydrogen (secondary N) is 2. The van der Waals surface area contributed by atoms with Gasteiger partial charge in [-0.05, 0) is 23.8 Å². The van der Waals surface area contributed by atoms with Gasteiger partial charge in [0.1, 0.15) is 5.69 Å². The van der Waals surface area contributed by atoms with E-state index in [1.165, 1.54) is 12.2 Å². The van der Waals surface area contributed by atoms with Crippen LogP contribution in [0.2, 0.25) is 5.02 Å². The van der Waals surface area contributed by atoms with E-state index in [9.17, 15) is 19.7 Å². The fourth-order valence-corrected chi connectivity index (χ4v) is 1.79. The molecule has 2 N–H and O–H groups in total. The molecule has 0 radical (unpaired) electrons. The lowest BCUT2D eigenvalue weighted by Crippen LogP contribution is -2.25. The molecule has 8 heteroatoms. The highest BCUT2D eigenvalue weighted by molar-refractivity contribution is 6.30. The summed E-state index contributed by atoms with van der Waals surface area (Å²) < 4.78 is 0. The Morgan fingerprint density at radius 2 is 1.95 bits per heavy atom. The minimum absolute atomic E-state index is 0.177. The van der Waals surface area contributed by atoms with Crippen LogP contribution in [0.15, 0.2) is 33.9 Å². The summed E-state index contributed by atoms with van der Waals surface area (Å²) in [6.45, 7) is 0. The zero-order chi connectivity index (χ0) is 14.7. The Morgan fingerprint density at radius 1 is 1.20 bits per heavy atom. The van der Waals surface area contributed by atoms with Gasteiger partial charge in [-0.25, -0.2) is 4.79 Å². The van der Waals surface area contributed by atoms with Crippen LogP contribution in [-0.4, -0.2) is 14.9 Å². The highest BCUT2D eigenvalue weighted by atomic mass is 35.5. The van der Waals surface area contributed by atoms with Gasteiger partial charge in [0.25, 0.3) is 0 Å². The molecule has 2 rings (SSSR count). The summed E-state index contributed by atoms with van der Waals surface area (Å²) in [5, 5.41) is 11.3. The summed E-state index contributed by atoms with van der Waals surface area (Å²) in [6.07, 6.45) is 2.78. The van der Waals surface area contributed by atoms with Crippen LogP contribution in [0, 0.1) is 10.1 Å². The average molecular weight is 294 g/mol. The molecule has 0 bridgehead atoms. The smallest absolute Gasteiger partial charge is 0.301 e. The number of aromatic nitrogens is 2. The first-order valence-corrected chi connectivity index (χ1v) is 5.80. The lowest BCUT2D eigenvalue weighted by Gasteiger charge is -1.97. The zero-order valence-electron chi connectivity index (χ0n) is 9.92. The van der Waals surface area contributed by atoms with Gasteiger partial charge < -0.3 is 4.98 Å². The second-order valence-corrected chi connectivity index (χ2v) is 4.25. The molecule has 0 spiro atoms. The van der Waals surface area contributed by atoms with Crippen LogP contribution in [0.25, 0.3) is 12.2 Å². The van der Waals surface area contributed by atoms with Gasteiger partial charge in [0, 0.05) is 5.02 Å². The van der Waals surface area contributed by atoms with Gasteiger partial charge in [-0.3, -0.25) is 19.9 Å². The summed E-state index contributed by atoms with van der Waals surface area (Å²) in [7, 11) is 0. The van der Waals surface area contributed by atoms with Gasteiger partial charge in [0.2, 0.25) is 0 Å². The van der Waals surface area contributed by atoms with E-state index >= 15 is 0 Å². The summed E-state index contributed by atoms with van der Waals surface area (Å²) in [5.74, 6) is 0. The molecule has 1 aromatic heterocycles. The standard InChI is InChI=1S/C12H8ClN3O4/c13-8-3-1-2-7(6-8)4-5-9-10(16(19)20)11(17)15-12(18)14-9/h1-6H,(H2,14,15,17,18). The number of H-pyrrole nitrogens is 2. The number of hydrogen-bond acceptors (Lipinski definition) is 4. The zero-order valence-corrected chi connectivity index (χ0v) is 10.7. The number of benzene rings is 1. The topological polar surface area (TPSA) is 109 Å². The third kappa shape index (κ3) is 3.01. The van der Waals surface area contributed by atoms with Crippen molar-refractivity contribution >= 4 is 29.4 Å². The molecule has 0 saturated heterocycles. The van der Waals surface area contributed by atoms with E-state index in [0.29, 0.717) is 10.6 Å². The minimum Gasteiger partial charge on any atom is -0.301 e. The predicted molar refractivity (Wildman–Crippen MR) is 74.7 cm³/mol. The molecule has 1 heterocycles. The van der Waals surface area contributed by atoms with E-state index in [-0.39, 0.29) is 5.69 Å². The van der Waals surface area contributed by atoms with Crippen molar-refractivity contribution in [1.82, 2.24) is 9.97 Å². The molecule has 0 aliphatic carbocycles. The van der Waals surface area contributed by atoms with Crippen LogP contribution >= 0.6 is 11.6 Å². The fourth-order valence-electron chi connectivity index (χ4n) is 1.59. The van der Waals surface area contributed by atoms with Crippen molar-refractivity contribution in [3.63, 3.8) is 0 Å². The normalized spacial score (nSPS) is 10.8. The predicted octanol–water partition coefficient (Wildman–Crippen LogP) is 1.80. The van der Waals surface area contributed by atoms with Crippen LogP contribution in [-0.2, 0) is 0 Å². The third-order valence-electron chi connectivity index (χ3n) is 2.42. The Labute approximate surface area is 116 Å². The quantitative estimate of drug-likeness (QED) is 0.664. The Hall–Kier alpha value is -2.67. The number of nitrogens with zero attached hydrogens (tertiary/aromatic N) is 1. The van der Waals surface area contributed by atoms with Crippen molar-refractivity contribution in [3.05, 3.63) is 71.5 Å². The van der Waals surface area contributed by atoms with E-state index in [4.69, 9.17) is 11.6 Å². The first kappa shape index (κ1) is 13.8. The Balaban J connectivity index is 2.51. The average Bonchev–Trinajstić information content (AvgIpc) is 2.35. The molecule has 0 aliphatic rings. The van der Waals surface area contributed by atoms with Gasteiger partial charge >= 0.3 is 16.9 Å². The number of hydrogen-bond donors (Lipinski definition) is 2. The molecule has 0 amide bonds. The van der Waals surface area contributed by atoms with Crippen molar-refractivity contribution in [3.8, 4) is 0 Å². The maximum absolute atomic E-state index is 11.4. The molecule has 0 unspecified atom stereocenters. The molecule has 1 aromatic carbocycles. The highest BCUT2D eigenvalue weighted by Crippen LogP contribution is 2.15. The van der Waals surface area contributed by atoms with Crippen molar-refractivity contribution < 1.29 is 4.92 Å². The van der Waals surface area contributed by atoms with Gasteiger partial charge in [0.15, 0.2) is 0 Å². The van der Waals surface area contributed by atoms with Crippen LogP contribution < -0.4 is 11.2 Å². The second kappa shape index (κ2) is 5.54. The van der Waals surface area contributed by atoms with Crippen molar-refractivity contribution in [2.75, 3.05) is 0 Å². The van der Waals surface area contributed by atoms with E-state index in [1.54, 1.807) is 29.2 Å². The molecule has 7 nitrogen and oxygen atoms in total. The van der Waals surface area contributed by atoms with Gasteiger partial charge in [0.05, 0.1) is 4.92 Å². The minimum atomic E-state index is -1.05. The van der Waals surface area contributed by atoms with Gasteiger partial charge in [-0.1, -0.05) is 29.8 Å². The summed E-state index contributed by atoms with van der Waals surface area (Å²) in [5.41, 5.74) is -2.09. The lowest BCUT2D eigenvalue weighted by molar-refractivity contribution is -0.386. The highest BCUT2D eigenvalue weighted by Gasteiger charge is 2.18. The molecular weight excluding hydrogens is 286 g/mol. The Kier molecular flexibility index (Phi) is 3.81. The summed E-state index contributed by atoms with van der Waals surface area (Å²) in [6, 6.07) is 6.74. The molecule has 0 aliphatic heterocycles. The summed E-state index contributed by atoms with van der Waals surface area (Å²) in [4.78, 5) is 36.5. The number of nitro groups is 1. The number of rotatable bonds is 3. The number of halogens is 1. The second-order valence-electron chi connectivity index (χ2n) is 3.82. The molecule has 0 saturated carbocycles. The van der Waals surface area contributed by atoms with Crippen LogP contribution in [0.3, 0.4) is 0 Å². The first-order valence-electron chi connectivity index (χ1n) is 5.42. The van der Waals surface area contributed by atoms with Crippen molar-refractivity contribution in [2.45, 2.75) is 0 Å². The molecule has 2 aromatic rings. The van der Waals surface area contributed by atoms with Crippen LogP contribution in [0.5, 0.6) is 0 Å². The van der Waals surface area contributed by atoms with Crippen LogP contribution in [0.4, 0.5) is 5.69 Å². The fraction of sp³-hybridized carbons (Fsp3) is 0. The number of aromatic amines is 2. The first-order chi connectivity index (χ1) is 9.47. The van der Waals surface area contributed by atoms with Crippen LogP contribution in [0.1, 0.15) is 11.3 Å². The van der Waals surface area contributed by atoms with Crippen molar-refractivity contribution in [2.24, 2.45) is 0 Å². The molecule has 20 heavy (non-hydrogen) atoms. The van der Waals surface area contributed by atoms with E-state index in [2.05, 4.69) is 4.98 Å². The lowest BCUT2D eigenvalue weighted by atomic mass is 10.2. The third-order valence-corrected chi connectivity index (χ3v) is 2.65. The molecular formula is C12H8ClN3O4. The monoisotopic (exact) mass is 293 g/mol. The molecule has 0 fully saturated rings. The maximum atomic E-state index is 11.4. The Bertz CT molecular complexity index is 807. The summed E-state index contributed by atoms with van der Waals surface area (Å²) >= 11 is 5.80. The van der Waals surface area contributed by atoms with E-state index < -0.39 is 21.9 Å². The van der Waals surface area contributed by atoms with Gasteiger partial charge in [-0.2, -0.15) is 0 Å². The Morgan fingerprint density at radius 3 is 2.60 bits per heavy atom. The largest absolute Gasteiger partial charge is 0.357 e.